The molecule has 0 bridgehead atoms. The first-order chi connectivity index (χ1) is 15.5. The van der Waals surface area contributed by atoms with Gasteiger partial charge in [-0.25, -0.2) is 4.98 Å². The van der Waals surface area contributed by atoms with Gasteiger partial charge in [-0.1, -0.05) is 35.2 Å². The van der Waals surface area contributed by atoms with Crippen LogP contribution in [-0.2, 0) is 4.79 Å². The first-order valence-corrected chi connectivity index (χ1v) is 11.2. The highest BCUT2D eigenvalue weighted by atomic mass is 32.2. The standard InChI is InChI=1S/C21H19N5O4S2/c1-29-12-7-8-13-16(9-12)32-20(23-13)24-19(28)11-31-21-25-18(27)10-17(22)26(21)14-5-3-4-6-15(14)30-2/h3-10H,11,22H2,1-2H3,(H,23,24,28). The summed E-state index contributed by atoms with van der Waals surface area (Å²) in [6, 6.07) is 13.9. The predicted octanol–water partition coefficient (Wildman–Crippen LogP) is 3.17. The Morgan fingerprint density at radius 3 is 2.75 bits per heavy atom. The summed E-state index contributed by atoms with van der Waals surface area (Å²) in [6.07, 6.45) is 0. The van der Waals surface area contributed by atoms with Crippen LogP contribution in [0.3, 0.4) is 0 Å². The normalized spacial score (nSPS) is 10.8. The molecule has 4 rings (SSSR count). The van der Waals surface area contributed by atoms with Gasteiger partial charge in [0.1, 0.15) is 17.3 Å². The summed E-state index contributed by atoms with van der Waals surface area (Å²) in [5, 5.41) is 3.54. The van der Waals surface area contributed by atoms with Crippen molar-refractivity contribution < 1.29 is 14.3 Å². The third-order valence-electron chi connectivity index (χ3n) is 4.43. The molecule has 0 unspecified atom stereocenters. The van der Waals surface area contributed by atoms with Crippen LogP contribution >= 0.6 is 23.1 Å². The van der Waals surface area contributed by atoms with Crippen LogP contribution in [0, 0.1) is 0 Å². The van der Waals surface area contributed by atoms with Crippen molar-refractivity contribution in [1.82, 2.24) is 14.5 Å². The largest absolute Gasteiger partial charge is 0.497 e. The number of thioether (sulfide) groups is 1. The summed E-state index contributed by atoms with van der Waals surface area (Å²) in [7, 11) is 3.13. The molecule has 0 spiro atoms. The molecule has 9 nitrogen and oxygen atoms in total. The van der Waals surface area contributed by atoms with E-state index < -0.39 is 5.56 Å². The molecule has 0 aliphatic heterocycles. The molecule has 0 aliphatic rings. The Bertz CT molecular complexity index is 1350. The van der Waals surface area contributed by atoms with E-state index in [2.05, 4.69) is 15.3 Å². The fourth-order valence-electron chi connectivity index (χ4n) is 3.00. The Morgan fingerprint density at radius 1 is 1.16 bits per heavy atom. The second kappa shape index (κ2) is 9.28. The number of anilines is 2. The van der Waals surface area contributed by atoms with Crippen molar-refractivity contribution >= 4 is 50.2 Å². The second-order valence-electron chi connectivity index (χ2n) is 6.50. The number of carbonyl (C=O) groups excluding carboxylic acids is 1. The summed E-state index contributed by atoms with van der Waals surface area (Å²) in [5.74, 6) is 1.18. The molecule has 0 saturated heterocycles. The smallest absolute Gasteiger partial charge is 0.275 e. The molecule has 2 aromatic heterocycles. The van der Waals surface area contributed by atoms with Gasteiger partial charge in [0.25, 0.3) is 5.56 Å². The van der Waals surface area contributed by atoms with Crippen LogP contribution in [0.5, 0.6) is 11.5 Å². The summed E-state index contributed by atoms with van der Waals surface area (Å²) >= 11 is 2.44. The van der Waals surface area contributed by atoms with Gasteiger partial charge in [0.05, 0.1) is 35.9 Å². The third kappa shape index (κ3) is 4.53. The number of ether oxygens (including phenoxy) is 2. The molecule has 2 heterocycles. The van der Waals surface area contributed by atoms with E-state index in [9.17, 15) is 9.59 Å². The van der Waals surface area contributed by atoms with E-state index in [1.807, 2.05) is 30.3 Å². The highest BCUT2D eigenvalue weighted by Gasteiger charge is 2.16. The minimum Gasteiger partial charge on any atom is -0.497 e. The molecular weight excluding hydrogens is 450 g/mol. The molecule has 0 atom stereocenters. The van der Waals surface area contributed by atoms with Crippen molar-refractivity contribution in [3.63, 3.8) is 0 Å². The number of nitrogens with one attached hydrogen (secondary N) is 1. The Balaban J connectivity index is 1.55. The molecule has 3 N–H and O–H groups in total. The van der Waals surface area contributed by atoms with Gasteiger partial charge in [-0.05, 0) is 30.3 Å². The maximum atomic E-state index is 12.6. The third-order valence-corrected chi connectivity index (χ3v) is 6.30. The van der Waals surface area contributed by atoms with Gasteiger partial charge in [0.15, 0.2) is 10.3 Å². The highest BCUT2D eigenvalue weighted by molar-refractivity contribution is 7.99. The molecule has 0 saturated carbocycles. The molecule has 164 valence electrons. The van der Waals surface area contributed by atoms with Crippen molar-refractivity contribution in [1.29, 1.82) is 0 Å². The van der Waals surface area contributed by atoms with Gasteiger partial charge < -0.3 is 20.5 Å². The number of nitrogens with zero attached hydrogens (tertiary/aromatic N) is 3. The SMILES string of the molecule is COc1ccc2nc(NC(=O)CSc3nc(=O)cc(N)n3-c3ccccc3OC)sc2c1. The van der Waals surface area contributed by atoms with Gasteiger partial charge in [-0.3, -0.25) is 14.2 Å². The maximum absolute atomic E-state index is 12.6. The number of methoxy groups -OCH3 is 2. The number of benzene rings is 2. The molecule has 1 amide bonds. The molecule has 4 aromatic rings. The summed E-state index contributed by atoms with van der Waals surface area (Å²) in [4.78, 5) is 33.0. The van der Waals surface area contributed by atoms with Gasteiger partial charge in [0, 0.05) is 6.07 Å². The number of rotatable bonds is 7. The lowest BCUT2D eigenvalue weighted by Crippen LogP contribution is -2.19. The monoisotopic (exact) mass is 469 g/mol. The number of thiazole rings is 1. The average Bonchev–Trinajstić information content (AvgIpc) is 3.18. The number of para-hydroxylation sites is 2. The molecule has 0 fully saturated rings. The van der Waals surface area contributed by atoms with Crippen LogP contribution < -0.4 is 26.1 Å². The number of carbonyl (C=O) groups is 1. The molecule has 2 aromatic carbocycles. The van der Waals surface area contributed by atoms with E-state index >= 15 is 0 Å². The number of amides is 1. The van der Waals surface area contributed by atoms with E-state index in [1.54, 1.807) is 30.9 Å². The number of aromatic nitrogens is 3. The summed E-state index contributed by atoms with van der Waals surface area (Å²) < 4.78 is 13.1. The fourth-order valence-corrected chi connectivity index (χ4v) is 4.73. The Morgan fingerprint density at radius 2 is 1.97 bits per heavy atom. The zero-order valence-corrected chi connectivity index (χ0v) is 18.8. The number of hydrogen-bond donors (Lipinski definition) is 2. The van der Waals surface area contributed by atoms with Crippen molar-refractivity contribution in [3.8, 4) is 17.2 Å². The van der Waals surface area contributed by atoms with Gasteiger partial charge in [-0.15, -0.1) is 0 Å². The minimum absolute atomic E-state index is 0.00425. The second-order valence-corrected chi connectivity index (χ2v) is 8.47. The quantitative estimate of drug-likeness (QED) is 0.313. The first-order valence-electron chi connectivity index (χ1n) is 9.38. The van der Waals surface area contributed by atoms with Crippen LogP contribution in [-0.4, -0.2) is 40.4 Å². The molecular formula is C21H19N5O4S2. The summed E-state index contributed by atoms with van der Waals surface area (Å²) in [5.41, 5.74) is 7.00. The Hall–Kier alpha value is -3.57. The van der Waals surface area contributed by atoms with Crippen molar-refractivity contribution in [3.05, 3.63) is 58.9 Å². The average molecular weight is 470 g/mol. The van der Waals surface area contributed by atoms with Crippen molar-refractivity contribution in [2.24, 2.45) is 0 Å². The number of nitrogen functional groups attached to an aromatic ring is 1. The van der Waals surface area contributed by atoms with Gasteiger partial charge in [0.2, 0.25) is 5.91 Å². The van der Waals surface area contributed by atoms with Crippen LogP contribution in [0.2, 0.25) is 0 Å². The van der Waals surface area contributed by atoms with Crippen molar-refractivity contribution in [2.45, 2.75) is 5.16 Å². The number of fused-ring (bicyclic) bond motifs is 1. The lowest BCUT2D eigenvalue weighted by molar-refractivity contribution is -0.113. The summed E-state index contributed by atoms with van der Waals surface area (Å²) in [6.45, 7) is 0. The van der Waals surface area contributed by atoms with Crippen LogP contribution in [0.25, 0.3) is 15.9 Å². The lowest BCUT2D eigenvalue weighted by atomic mass is 10.3. The van der Waals surface area contributed by atoms with Gasteiger partial charge >= 0.3 is 0 Å². The Labute approximate surface area is 191 Å². The molecule has 32 heavy (non-hydrogen) atoms. The van der Waals surface area contributed by atoms with Crippen LogP contribution in [0.4, 0.5) is 10.9 Å². The van der Waals surface area contributed by atoms with Gasteiger partial charge in [-0.2, -0.15) is 4.98 Å². The molecule has 11 heteroatoms. The minimum atomic E-state index is -0.489. The number of nitrogens with two attached hydrogens (primary N) is 1. The zero-order chi connectivity index (χ0) is 22.7. The highest BCUT2D eigenvalue weighted by Crippen LogP contribution is 2.31. The van der Waals surface area contributed by atoms with E-state index in [0.717, 1.165) is 27.7 Å². The topological polar surface area (TPSA) is 121 Å². The Kier molecular flexibility index (Phi) is 6.28. The lowest BCUT2D eigenvalue weighted by Gasteiger charge is -2.17. The zero-order valence-electron chi connectivity index (χ0n) is 17.2. The van der Waals surface area contributed by atoms with E-state index in [-0.39, 0.29) is 22.6 Å². The maximum Gasteiger partial charge on any atom is 0.275 e. The number of hydrogen-bond acceptors (Lipinski definition) is 9. The molecule has 0 radical (unpaired) electrons. The first kappa shape index (κ1) is 21.7. The molecule has 0 aliphatic carbocycles. The van der Waals surface area contributed by atoms with Crippen molar-refractivity contribution in [2.75, 3.05) is 31.0 Å². The fraction of sp³-hybridized carbons (Fsp3) is 0.143. The predicted molar refractivity (Wildman–Crippen MR) is 126 cm³/mol. The van der Waals surface area contributed by atoms with Crippen LogP contribution in [0.1, 0.15) is 0 Å². The van der Waals surface area contributed by atoms with E-state index in [1.165, 1.54) is 17.4 Å². The van der Waals surface area contributed by atoms with E-state index in [4.69, 9.17) is 15.2 Å². The van der Waals surface area contributed by atoms with E-state index in [0.29, 0.717) is 16.6 Å². The van der Waals surface area contributed by atoms with Crippen LogP contribution in [0.15, 0.2) is 58.5 Å².